The van der Waals surface area contributed by atoms with Crippen molar-refractivity contribution in [2.45, 2.75) is 50.7 Å². The zero-order chi connectivity index (χ0) is 26.8. The van der Waals surface area contributed by atoms with E-state index in [2.05, 4.69) is 15.6 Å². The number of rotatable bonds is 7. The average molecular weight is 528 g/mol. The molecule has 1 saturated carbocycles. The summed E-state index contributed by atoms with van der Waals surface area (Å²) in [6.07, 6.45) is 5.06. The smallest absolute Gasteiger partial charge is 0.249 e. The van der Waals surface area contributed by atoms with Crippen molar-refractivity contribution in [3.05, 3.63) is 72.3 Å². The average Bonchev–Trinajstić information content (AvgIpc) is 3.59. The molecule has 0 saturated heterocycles. The molecule has 10 nitrogen and oxygen atoms in total. The van der Waals surface area contributed by atoms with Crippen LogP contribution < -0.4 is 19.7 Å². The van der Waals surface area contributed by atoms with Gasteiger partial charge in [0.25, 0.3) is 0 Å². The third-order valence-corrected chi connectivity index (χ3v) is 7.28. The largest absolute Gasteiger partial charge is 0.508 e. The number of fused-ring (bicyclic) bond motifs is 2. The highest BCUT2D eigenvalue weighted by atomic mass is 16.7. The van der Waals surface area contributed by atoms with Crippen LogP contribution >= 0.6 is 0 Å². The van der Waals surface area contributed by atoms with E-state index in [1.807, 2.05) is 24.3 Å². The quantitative estimate of drug-likeness (QED) is 0.372. The third-order valence-electron chi connectivity index (χ3n) is 7.28. The van der Waals surface area contributed by atoms with Crippen molar-refractivity contribution in [2.24, 2.45) is 0 Å². The summed E-state index contributed by atoms with van der Waals surface area (Å²) in [6, 6.07) is 18.0. The number of anilines is 1. The number of carbonyl (C=O) groups is 2. The Kier molecular flexibility index (Phi) is 6.75. The minimum absolute atomic E-state index is 0.0406. The van der Waals surface area contributed by atoms with Gasteiger partial charge in [-0.1, -0.05) is 48.7 Å². The topological polar surface area (TPSA) is 119 Å². The van der Waals surface area contributed by atoms with Crippen molar-refractivity contribution >= 4 is 28.5 Å². The van der Waals surface area contributed by atoms with Crippen LogP contribution in [0.4, 0.5) is 5.69 Å². The number of para-hydroxylation sites is 1. The van der Waals surface area contributed by atoms with Gasteiger partial charge < -0.3 is 19.9 Å². The maximum Gasteiger partial charge on any atom is 0.249 e. The normalized spacial score (nSPS) is 15.7. The Morgan fingerprint density at radius 1 is 1.00 bits per heavy atom. The molecule has 2 N–H and O–H groups in total. The van der Waals surface area contributed by atoms with Crippen LogP contribution in [0.1, 0.15) is 43.7 Å². The van der Waals surface area contributed by atoms with Gasteiger partial charge in [-0.05, 0) is 54.8 Å². The molecule has 10 heteroatoms. The van der Waals surface area contributed by atoms with Gasteiger partial charge in [0, 0.05) is 17.8 Å². The highest BCUT2D eigenvalue weighted by molar-refractivity contribution is 6.02. The molecule has 39 heavy (non-hydrogen) atoms. The molecule has 0 radical (unpaired) electrons. The van der Waals surface area contributed by atoms with Crippen LogP contribution in [0, 0.1) is 0 Å². The lowest BCUT2D eigenvalue weighted by Gasteiger charge is -2.33. The highest BCUT2D eigenvalue weighted by Crippen LogP contribution is 2.38. The van der Waals surface area contributed by atoms with Gasteiger partial charge in [-0.25, -0.2) is 4.68 Å². The Hall–Kier alpha value is -4.60. The number of nitrogens with zero attached hydrogens (tertiary/aromatic N) is 4. The standard InChI is InChI=1S/C29H29N5O5/c35-22-13-10-19(11-14-22)28(29(37)30-20-6-2-1-3-7-20)34(21-12-15-25-26(16-21)39-18-38-25)27(36)17-33-24-9-5-4-8-23(24)31-32-33/h4-5,8-16,20,28,35H,1-3,6-7,17-18H2,(H,30,37). The van der Waals surface area contributed by atoms with Crippen LogP contribution in [-0.4, -0.2) is 44.7 Å². The van der Waals surface area contributed by atoms with E-state index in [1.54, 1.807) is 30.3 Å². The zero-order valence-electron chi connectivity index (χ0n) is 21.3. The number of phenols is 1. The van der Waals surface area contributed by atoms with Gasteiger partial charge in [0.1, 0.15) is 23.9 Å². The van der Waals surface area contributed by atoms with Crippen LogP contribution in [0.15, 0.2) is 66.7 Å². The molecule has 1 aliphatic heterocycles. The van der Waals surface area contributed by atoms with Crippen molar-refractivity contribution in [1.29, 1.82) is 0 Å². The van der Waals surface area contributed by atoms with Gasteiger partial charge in [0.2, 0.25) is 18.6 Å². The van der Waals surface area contributed by atoms with Crippen molar-refractivity contribution in [3.63, 3.8) is 0 Å². The molecule has 1 aliphatic carbocycles. The lowest BCUT2D eigenvalue weighted by molar-refractivity contribution is -0.127. The first-order chi connectivity index (χ1) is 19.1. The summed E-state index contributed by atoms with van der Waals surface area (Å²) in [5, 5.41) is 21.5. The van der Waals surface area contributed by atoms with Crippen molar-refractivity contribution < 1.29 is 24.2 Å². The Morgan fingerprint density at radius 3 is 2.59 bits per heavy atom. The van der Waals surface area contributed by atoms with Crippen LogP contribution in [0.3, 0.4) is 0 Å². The Balaban J connectivity index is 1.42. The molecule has 2 aliphatic rings. The maximum absolute atomic E-state index is 14.2. The lowest BCUT2D eigenvalue weighted by Crippen LogP contribution is -2.48. The van der Waals surface area contributed by atoms with E-state index in [9.17, 15) is 14.7 Å². The fourth-order valence-electron chi connectivity index (χ4n) is 5.31. The second-order valence-electron chi connectivity index (χ2n) is 9.87. The fourth-order valence-corrected chi connectivity index (χ4v) is 5.31. The maximum atomic E-state index is 14.2. The Labute approximate surface area is 225 Å². The molecule has 6 rings (SSSR count). The molecule has 200 valence electrons. The second-order valence-corrected chi connectivity index (χ2v) is 9.87. The van der Waals surface area contributed by atoms with E-state index in [0.717, 1.165) is 32.1 Å². The van der Waals surface area contributed by atoms with Gasteiger partial charge in [-0.2, -0.15) is 0 Å². The first-order valence-electron chi connectivity index (χ1n) is 13.2. The van der Waals surface area contributed by atoms with E-state index < -0.39 is 6.04 Å². The Bertz CT molecular complexity index is 1500. The molecule has 1 aromatic heterocycles. The summed E-state index contributed by atoms with van der Waals surface area (Å²) in [6.45, 7) is -0.0541. The number of aromatic nitrogens is 3. The molecule has 2 heterocycles. The number of aromatic hydroxyl groups is 1. The first kappa shape index (κ1) is 24.7. The van der Waals surface area contributed by atoms with E-state index in [0.29, 0.717) is 33.8 Å². The minimum Gasteiger partial charge on any atom is -0.508 e. The van der Waals surface area contributed by atoms with Crippen molar-refractivity contribution in [3.8, 4) is 17.2 Å². The van der Waals surface area contributed by atoms with Gasteiger partial charge in [-0.15, -0.1) is 5.10 Å². The van der Waals surface area contributed by atoms with E-state index in [4.69, 9.17) is 9.47 Å². The van der Waals surface area contributed by atoms with Crippen LogP contribution in [0.5, 0.6) is 17.2 Å². The fraction of sp³-hybridized carbons (Fsp3) is 0.310. The van der Waals surface area contributed by atoms with E-state index in [-0.39, 0.29) is 36.9 Å². The monoisotopic (exact) mass is 527 g/mol. The highest BCUT2D eigenvalue weighted by Gasteiger charge is 2.35. The predicted molar refractivity (Wildman–Crippen MR) is 143 cm³/mol. The molecule has 0 spiro atoms. The van der Waals surface area contributed by atoms with E-state index in [1.165, 1.54) is 21.7 Å². The summed E-state index contributed by atoms with van der Waals surface area (Å²) in [5.41, 5.74) is 2.43. The van der Waals surface area contributed by atoms with Crippen LogP contribution in [-0.2, 0) is 16.1 Å². The number of carbonyl (C=O) groups excluding carboxylic acids is 2. The second kappa shape index (κ2) is 10.6. The zero-order valence-corrected chi connectivity index (χ0v) is 21.3. The number of hydrogen-bond donors (Lipinski definition) is 2. The molecular formula is C29H29N5O5. The van der Waals surface area contributed by atoms with Gasteiger partial charge in [0.05, 0.1) is 5.52 Å². The number of amides is 2. The lowest BCUT2D eigenvalue weighted by atomic mass is 9.94. The van der Waals surface area contributed by atoms with Crippen molar-refractivity contribution in [1.82, 2.24) is 20.3 Å². The summed E-state index contributed by atoms with van der Waals surface area (Å²) in [7, 11) is 0. The summed E-state index contributed by atoms with van der Waals surface area (Å²) < 4.78 is 12.6. The molecule has 1 unspecified atom stereocenters. The minimum atomic E-state index is -1.00. The molecule has 1 fully saturated rings. The number of benzene rings is 3. The Morgan fingerprint density at radius 2 is 1.77 bits per heavy atom. The van der Waals surface area contributed by atoms with Crippen molar-refractivity contribution in [2.75, 3.05) is 11.7 Å². The number of phenolic OH excluding ortho intramolecular Hbond substituents is 1. The number of nitrogens with one attached hydrogen (secondary N) is 1. The molecule has 0 bridgehead atoms. The predicted octanol–water partition coefficient (Wildman–Crippen LogP) is 4.09. The third kappa shape index (κ3) is 5.09. The van der Waals surface area contributed by atoms with Gasteiger partial charge >= 0.3 is 0 Å². The molecule has 2 amide bonds. The SMILES string of the molecule is O=C(NC1CCCCC1)C(c1ccc(O)cc1)N(C(=O)Cn1nnc2ccccc21)c1ccc2c(c1)OCO2. The van der Waals surface area contributed by atoms with Crippen LogP contribution in [0.2, 0.25) is 0 Å². The van der Waals surface area contributed by atoms with Crippen LogP contribution in [0.25, 0.3) is 11.0 Å². The van der Waals surface area contributed by atoms with E-state index >= 15 is 0 Å². The molecule has 4 aromatic rings. The summed E-state index contributed by atoms with van der Waals surface area (Å²) >= 11 is 0. The first-order valence-corrected chi connectivity index (χ1v) is 13.2. The molecule has 1 atom stereocenters. The number of ether oxygens (including phenoxy) is 2. The number of hydrogen-bond acceptors (Lipinski definition) is 7. The van der Waals surface area contributed by atoms with Gasteiger partial charge in [-0.3, -0.25) is 14.5 Å². The summed E-state index contributed by atoms with van der Waals surface area (Å²) in [5.74, 6) is 0.485. The summed E-state index contributed by atoms with van der Waals surface area (Å²) in [4.78, 5) is 29.7. The van der Waals surface area contributed by atoms with Gasteiger partial charge in [0.15, 0.2) is 11.5 Å². The molecular weight excluding hydrogens is 498 g/mol. The molecule has 3 aromatic carbocycles.